The first kappa shape index (κ1) is 35.4. The van der Waals surface area contributed by atoms with Crippen LogP contribution in [-0.2, 0) is 14.3 Å². The van der Waals surface area contributed by atoms with Crippen LogP contribution in [0.15, 0.2) is 96.0 Å². The van der Waals surface area contributed by atoms with Crippen molar-refractivity contribution in [3.05, 3.63) is 91.0 Å². The average Bonchev–Trinajstić information content (AvgIpc) is 2.94. The van der Waals surface area contributed by atoms with E-state index >= 15 is 0 Å². The van der Waals surface area contributed by atoms with Crippen LogP contribution < -0.4 is 27.0 Å². The van der Waals surface area contributed by atoms with Gasteiger partial charge < -0.3 is 15.2 Å². The van der Waals surface area contributed by atoms with Crippen molar-refractivity contribution in [2.75, 3.05) is 26.3 Å². The maximum atomic E-state index is 13.0. The molecule has 0 heterocycles. The van der Waals surface area contributed by atoms with Gasteiger partial charge in [-0.1, -0.05) is 54.6 Å². The number of nitrogens with zero attached hydrogens (tertiary/aromatic N) is 2. The Kier molecular flexibility index (Phi) is 11.7. The monoisotopic (exact) mass is 634 g/mol. The summed E-state index contributed by atoms with van der Waals surface area (Å²) in [6, 6.07) is 31.4. The number of primary amides is 1. The number of rotatable bonds is 9. The predicted octanol–water partition coefficient (Wildman–Crippen LogP) is 5.12. The number of hydrogen-bond acceptors (Lipinski definition) is 5. The van der Waals surface area contributed by atoms with Crippen molar-refractivity contribution in [2.24, 2.45) is 10.7 Å². The summed E-state index contributed by atoms with van der Waals surface area (Å²) in [5.74, 6) is -0.698. The molecule has 3 rings (SSSR count). The van der Waals surface area contributed by atoms with Gasteiger partial charge in [-0.25, -0.2) is 14.9 Å². The van der Waals surface area contributed by atoms with Crippen LogP contribution in [0.3, 0.4) is 0 Å². The Hall–Kier alpha value is -4.07. The lowest BCUT2D eigenvalue weighted by molar-refractivity contribution is -0.814. The van der Waals surface area contributed by atoms with E-state index in [1.165, 1.54) is 15.9 Å². The van der Waals surface area contributed by atoms with E-state index in [1.54, 1.807) is 48.6 Å². The lowest BCUT2D eigenvalue weighted by Crippen LogP contribution is -2.61. The highest BCUT2D eigenvalue weighted by Gasteiger charge is 2.46. The first-order valence-electron chi connectivity index (χ1n) is 15.0. The molecular formula is C35H47N4O5P+2. The summed E-state index contributed by atoms with van der Waals surface area (Å²) in [5.41, 5.74) is 4.12. The molecule has 0 saturated carbocycles. The van der Waals surface area contributed by atoms with E-state index in [9.17, 15) is 14.4 Å². The SMILES string of the molecule is CC(C)(C)OC(=O)N=C(NC(=O)OC(C)(C)C)[N+](C)(CCC[P+](c1ccccc1)(c1ccccc1)c1ccccc1)CC(N)=O. The number of hydrogen-bond donors (Lipinski definition) is 2. The summed E-state index contributed by atoms with van der Waals surface area (Å²) in [7, 11) is -0.463. The fraction of sp³-hybridized carbons (Fsp3) is 0.371. The summed E-state index contributed by atoms with van der Waals surface area (Å²) in [5, 5.41) is 6.31. The Bertz CT molecular complexity index is 1370. The molecule has 0 spiro atoms. The zero-order valence-corrected chi connectivity index (χ0v) is 28.3. The number of quaternary nitrogens is 1. The van der Waals surface area contributed by atoms with E-state index < -0.39 is 36.6 Å². The van der Waals surface area contributed by atoms with Crippen LogP contribution in [0.2, 0.25) is 0 Å². The Morgan fingerprint density at radius 2 is 1.18 bits per heavy atom. The second-order valence-electron chi connectivity index (χ2n) is 13.2. The minimum Gasteiger partial charge on any atom is -0.443 e. The number of carbonyl (C=O) groups excluding carboxylic acids is 3. The lowest BCUT2D eigenvalue weighted by atomic mass is 10.2. The number of guanidine groups is 1. The molecule has 240 valence electrons. The summed E-state index contributed by atoms with van der Waals surface area (Å²) < 4.78 is 10.7. The average molecular weight is 635 g/mol. The zero-order chi connectivity index (χ0) is 33.3. The molecule has 3 aromatic carbocycles. The molecule has 0 aliphatic heterocycles. The predicted molar refractivity (Wildman–Crippen MR) is 183 cm³/mol. The van der Waals surface area contributed by atoms with Crippen LogP contribution in [0.1, 0.15) is 48.0 Å². The summed E-state index contributed by atoms with van der Waals surface area (Å²) >= 11 is 0. The van der Waals surface area contributed by atoms with Crippen molar-refractivity contribution < 1.29 is 28.3 Å². The van der Waals surface area contributed by atoms with Gasteiger partial charge in [-0.15, -0.1) is 4.99 Å². The minimum atomic E-state index is -2.18. The van der Waals surface area contributed by atoms with Crippen molar-refractivity contribution in [2.45, 2.75) is 59.2 Å². The third-order valence-electron chi connectivity index (χ3n) is 6.96. The van der Waals surface area contributed by atoms with Gasteiger partial charge in [0.1, 0.15) is 34.4 Å². The number of nitrogens with two attached hydrogens (primary N) is 1. The highest BCUT2D eigenvalue weighted by atomic mass is 31.2. The molecule has 0 aliphatic carbocycles. The molecule has 3 aromatic rings. The number of amides is 3. The van der Waals surface area contributed by atoms with Crippen LogP contribution in [0, 0.1) is 0 Å². The van der Waals surface area contributed by atoms with Crippen molar-refractivity contribution in [1.29, 1.82) is 0 Å². The smallest absolute Gasteiger partial charge is 0.440 e. The van der Waals surface area contributed by atoms with Crippen LogP contribution in [0.5, 0.6) is 0 Å². The van der Waals surface area contributed by atoms with Crippen molar-refractivity contribution >= 4 is 47.2 Å². The molecule has 0 aliphatic rings. The van der Waals surface area contributed by atoms with Gasteiger partial charge in [-0.2, -0.15) is 0 Å². The van der Waals surface area contributed by atoms with Gasteiger partial charge in [0, 0.05) is 6.42 Å². The maximum absolute atomic E-state index is 13.0. The highest BCUT2D eigenvalue weighted by molar-refractivity contribution is 7.95. The molecule has 0 radical (unpaired) electrons. The number of nitrogens with one attached hydrogen (secondary N) is 1. The quantitative estimate of drug-likeness (QED) is 0.147. The number of benzene rings is 3. The van der Waals surface area contributed by atoms with Gasteiger partial charge >= 0.3 is 18.1 Å². The van der Waals surface area contributed by atoms with Gasteiger partial charge in [-0.05, 0) is 77.9 Å². The van der Waals surface area contributed by atoms with Crippen LogP contribution in [-0.4, -0.2) is 66.0 Å². The van der Waals surface area contributed by atoms with Gasteiger partial charge in [0.2, 0.25) is 0 Å². The topological polar surface area (TPSA) is 120 Å². The Labute approximate surface area is 267 Å². The van der Waals surface area contributed by atoms with Gasteiger partial charge in [0.05, 0.1) is 19.8 Å². The van der Waals surface area contributed by atoms with Crippen molar-refractivity contribution in [3.8, 4) is 0 Å². The third-order valence-corrected chi connectivity index (χ3v) is 11.5. The summed E-state index contributed by atoms with van der Waals surface area (Å²) in [6.07, 6.45) is -0.371. The van der Waals surface area contributed by atoms with E-state index in [0.29, 0.717) is 13.0 Å². The first-order valence-corrected chi connectivity index (χ1v) is 17.0. The molecule has 10 heteroatoms. The maximum Gasteiger partial charge on any atom is 0.440 e. The highest BCUT2D eigenvalue weighted by Crippen LogP contribution is 2.55. The number of aliphatic imine (C=N–C) groups is 1. The van der Waals surface area contributed by atoms with Gasteiger partial charge in [0.25, 0.3) is 5.91 Å². The molecular weight excluding hydrogens is 587 g/mol. The molecule has 0 fully saturated rings. The Morgan fingerprint density at radius 3 is 1.56 bits per heavy atom. The largest absolute Gasteiger partial charge is 0.443 e. The van der Waals surface area contributed by atoms with Crippen molar-refractivity contribution in [1.82, 2.24) is 5.32 Å². The molecule has 1 atom stereocenters. The van der Waals surface area contributed by atoms with Gasteiger partial charge in [-0.3, -0.25) is 9.28 Å². The fourth-order valence-corrected chi connectivity index (χ4v) is 9.52. The standard InChI is InChI=1S/C35H45N4O5P/c1-34(2,3)43-32(41)37-31(38-33(42)44-35(4,5)6)39(7,26-30(36)40)24-17-25-45(27-18-11-8-12-19-27,28-20-13-9-14-21-28)29-22-15-10-16-23-29/h8-16,18-23H,17,24-26H2,1-7H3,(H-2,36,37,38,40,41,42)/p+2. The molecule has 0 aromatic heterocycles. The number of carbonyl (C=O) groups is 3. The zero-order valence-electron chi connectivity index (χ0n) is 27.4. The van der Waals surface area contributed by atoms with E-state index in [4.69, 9.17) is 15.2 Å². The fourth-order valence-electron chi connectivity index (χ4n) is 5.19. The molecule has 3 N–H and O–H groups in total. The Balaban J connectivity index is 2.09. The second kappa shape index (κ2) is 14.8. The van der Waals surface area contributed by atoms with E-state index in [2.05, 4.69) is 83.1 Å². The van der Waals surface area contributed by atoms with E-state index in [-0.39, 0.29) is 17.0 Å². The summed E-state index contributed by atoms with van der Waals surface area (Å²) in [6.45, 7) is 10.5. The molecule has 3 amide bonds. The molecule has 1 unspecified atom stereocenters. The molecule has 9 nitrogen and oxygen atoms in total. The molecule has 45 heavy (non-hydrogen) atoms. The van der Waals surface area contributed by atoms with E-state index in [0.717, 1.165) is 6.16 Å². The third kappa shape index (κ3) is 10.2. The second-order valence-corrected chi connectivity index (χ2v) is 16.8. The van der Waals surface area contributed by atoms with Crippen LogP contribution in [0.25, 0.3) is 0 Å². The normalized spacial score (nSPS) is 13.8. The summed E-state index contributed by atoms with van der Waals surface area (Å²) in [4.78, 5) is 42.5. The number of alkyl carbamates (subject to hydrolysis) is 1. The molecule has 0 saturated heterocycles. The van der Waals surface area contributed by atoms with E-state index in [1.807, 2.05) is 18.2 Å². The molecule has 0 bridgehead atoms. The lowest BCUT2D eigenvalue weighted by Gasteiger charge is -2.34. The van der Waals surface area contributed by atoms with Crippen molar-refractivity contribution in [3.63, 3.8) is 0 Å². The number of likely N-dealkylation sites (N-methyl/N-ethyl adjacent to an activating group) is 1. The Morgan fingerprint density at radius 1 is 0.756 bits per heavy atom. The first-order chi connectivity index (χ1) is 21.0. The minimum absolute atomic E-state index is 0.0830. The number of ether oxygens (including phenoxy) is 2. The van der Waals surface area contributed by atoms with Gasteiger partial charge in [0.15, 0.2) is 6.54 Å². The van der Waals surface area contributed by atoms with Crippen LogP contribution >= 0.6 is 7.26 Å². The van der Waals surface area contributed by atoms with Crippen LogP contribution in [0.4, 0.5) is 9.59 Å².